The maximum atomic E-state index is 6.36. The van der Waals surface area contributed by atoms with Crippen LogP contribution < -0.4 is 4.90 Å². The van der Waals surface area contributed by atoms with Gasteiger partial charge in [0.15, 0.2) is 0 Å². The van der Waals surface area contributed by atoms with Crippen molar-refractivity contribution in [1.29, 1.82) is 0 Å². The number of hydrogen-bond donors (Lipinski definition) is 0. The Hall–Kier alpha value is -9.18. The molecule has 13 aromatic rings. The predicted octanol–water partition coefficient (Wildman–Crippen LogP) is 17.8. The molecule has 3 nitrogen and oxygen atoms in total. The van der Waals surface area contributed by atoms with Crippen molar-refractivity contribution in [2.75, 3.05) is 4.90 Å². The number of benzene rings is 11. The third kappa shape index (κ3) is 5.40. The molecule has 0 saturated carbocycles. The van der Waals surface area contributed by atoms with Gasteiger partial charge in [-0.15, -0.1) is 0 Å². The molecule has 0 amide bonds. The first kappa shape index (κ1) is 38.9. The molecular weight excluding hydrogens is 849 g/mol. The van der Waals surface area contributed by atoms with Gasteiger partial charge in [0.05, 0.1) is 27.8 Å². The highest BCUT2D eigenvalue weighted by Gasteiger charge is 2.51. The molecule has 11 aromatic carbocycles. The maximum Gasteiger partial charge on any atom is 0.136 e. The molecule has 0 N–H and O–H groups in total. The molecule has 0 radical (unpaired) electrons. The number of hydrogen-bond acceptors (Lipinski definition) is 2. The summed E-state index contributed by atoms with van der Waals surface area (Å²) in [7, 11) is 0. The zero-order chi connectivity index (χ0) is 45.9. The van der Waals surface area contributed by atoms with E-state index in [9.17, 15) is 0 Å². The van der Waals surface area contributed by atoms with Crippen LogP contribution in [0, 0.1) is 0 Å². The maximum absolute atomic E-state index is 6.36. The molecule has 0 fully saturated rings. The van der Waals surface area contributed by atoms with E-state index in [1.54, 1.807) is 0 Å². The number of nitrogens with zero attached hydrogens (tertiary/aromatic N) is 2. The predicted molar refractivity (Wildman–Crippen MR) is 290 cm³/mol. The summed E-state index contributed by atoms with van der Waals surface area (Å²) in [6.45, 7) is 0. The van der Waals surface area contributed by atoms with E-state index >= 15 is 0 Å². The van der Waals surface area contributed by atoms with E-state index < -0.39 is 5.41 Å². The SMILES string of the molecule is c1ccc(-c2cccc(-c3ccccc3N(c3ccc(-c4cccc5oc6ccccc6c45)cc3)c3ccc4c(c3)C3(c5ccccc5-4)c4ccccc4-n4c5ccccc5c5cccc3c54)c2)cc1. The summed E-state index contributed by atoms with van der Waals surface area (Å²) in [5.74, 6) is 0. The Balaban J connectivity index is 0.982. The normalized spacial score (nSPS) is 14.3. The lowest BCUT2D eigenvalue weighted by molar-refractivity contribution is 0.669. The molecule has 2 aromatic heterocycles. The number of para-hydroxylation sites is 5. The second-order valence-electron chi connectivity index (χ2n) is 18.7. The van der Waals surface area contributed by atoms with Crippen molar-refractivity contribution in [2.24, 2.45) is 0 Å². The molecule has 15 rings (SSSR count). The number of anilines is 3. The highest BCUT2D eigenvalue weighted by Crippen LogP contribution is 2.62. The van der Waals surface area contributed by atoms with Gasteiger partial charge in [0.2, 0.25) is 0 Å². The molecule has 1 atom stereocenters. The fraction of sp³-hybridized carbons (Fsp3) is 0.0149. The van der Waals surface area contributed by atoms with E-state index in [0.29, 0.717) is 0 Å². The molecule has 0 bridgehead atoms. The second-order valence-corrected chi connectivity index (χ2v) is 18.7. The van der Waals surface area contributed by atoms with Crippen molar-refractivity contribution in [2.45, 2.75) is 5.41 Å². The Morgan fingerprint density at radius 3 is 1.86 bits per heavy atom. The van der Waals surface area contributed by atoms with Crippen LogP contribution in [-0.4, -0.2) is 4.57 Å². The summed E-state index contributed by atoms with van der Waals surface area (Å²) in [4.78, 5) is 2.48. The first-order valence-electron chi connectivity index (χ1n) is 24.2. The molecule has 70 heavy (non-hydrogen) atoms. The second kappa shape index (κ2) is 14.9. The highest BCUT2D eigenvalue weighted by molar-refractivity contribution is 6.14. The van der Waals surface area contributed by atoms with E-state index in [-0.39, 0.29) is 0 Å². The molecule has 2 aliphatic rings. The van der Waals surface area contributed by atoms with Crippen molar-refractivity contribution < 1.29 is 4.42 Å². The van der Waals surface area contributed by atoms with Crippen LogP contribution in [0.4, 0.5) is 17.1 Å². The lowest BCUT2D eigenvalue weighted by Crippen LogP contribution is -2.33. The summed E-state index contributed by atoms with van der Waals surface area (Å²) in [6.07, 6.45) is 0. The molecule has 1 unspecified atom stereocenters. The zero-order valence-electron chi connectivity index (χ0n) is 38.1. The molecule has 0 saturated heterocycles. The van der Waals surface area contributed by atoms with Gasteiger partial charge < -0.3 is 13.9 Å². The summed E-state index contributed by atoms with van der Waals surface area (Å²) in [5, 5.41) is 4.80. The Morgan fingerprint density at radius 1 is 0.343 bits per heavy atom. The van der Waals surface area contributed by atoms with Gasteiger partial charge in [-0.1, -0.05) is 194 Å². The van der Waals surface area contributed by atoms with Crippen LogP contribution in [0.15, 0.2) is 259 Å². The number of rotatable bonds is 6. The fourth-order valence-electron chi connectivity index (χ4n) is 12.3. The minimum Gasteiger partial charge on any atom is -0.456 e. The monoisotopic (exact) mass is 890 g/mol. The molecule has 3 heteroatoms. The minimum absolute atomic E-state index is 0.590. The molecular formula is C67H42N2O. The van der Waals surface area contributed by atoms with Crippen molar-refractivity contribution in [1.82, 2.24) is 4.57 Å². The number of fused-ring (bicyclic) bond motifs is 15. The summed E-state index contributed by atoms with van der Waals surface area (Å²) < 4.78 is 8.88. The van der Waals surface area contributed by atoms with Crippen LogP contribution >= 0.6 is 0 Å². The highest BCUT2D eigenvalue weighted by atomic mass is 16.3. The van der Waals surface area contributed by atoms with Crippen molar-refractivity contribution in [3.63, 3.8) is 0 Å². The first-order chi connectivity index (χ1) is 34.7. The van der Waals surface area contributed by atoms with Crippen LogP contribution in [-0.2, 0) is 5.41 Å². The Labute approximate surface area is 405 Å². The van der Waals surface area contributed by atoms with Crippen LogP contribution in [0.5, 0.6) is 0 Å². The average Bonchev–Trinajstić information content (AvgIpc) is 4.08. The molecule has 3 heterocycles. The number of aromatic nitrogens is 1. The molecule has 1 spiro atoms. The van der Waals surface area contributed by atoms with Gasteiger partial charge in [-0.05, 0) is 122 Å². The van der Waals surface area contributed by atoms with Gasteiger partial charge in [-0.2, -0.15) is 0 Å². The van der Waals surface area contributed by atoms with Gasteiger partial charge in [-0.25, -0.2) is 0 Å². The van der Waals surface area contributed by atoms with Crippen molar-refractivity contribution in [3.05, 3.63) is 277 Å². The largest absolute Gasteiger partial charge is 0.456 e. The Bertz CT molecular complexity index is 4250. The van der Waals surface area contributed by atoms with Gasteiger partial charge in [0.25, 0.3) is 0 Å². The third-order valence-electron chi connectivity index (χ3n) is 15.2. The minimum atomic E-state index is -0.590. The van der Waals surface area contributed by atoms with Crippen molar-refractivity contribution >= 4 is 60.8 Å². The van der Waals surface area contributed by atoms with E-state index in [1.165, 1.54) is 72.0 Å². The molecule has 326 valence electrons. The van der Waals surface area contributed by atoms with Crippen molar-refractivity contribution in [3.8, 4) is 50.2 Å². The zero-order valence-corrected chi connectivity index (χ0v) is 38.1. The van der Waals surface area contributed by atoms with Crippen LogP contribution in [0.2, 0.25) is 0 Å². The van der Waals surface area contributed by atoms with Crippen LogP contribution in [0.25, 0.3) is 93.9 Å². The van der Waals surface area contributed by atoms with Gasteiger partial charge in [0.1, 0.15) is 11.2 Å². The topological polar surface area (TPSA) is 21.3 Å². The third-order valence-corrected chi connectivity index (χ3v) is 15.2. The standard InChI is InChI=1S/C67H42N2O/c1-2-17-43(18-3-1)45-19-14-20-46(41-45)49-21-5-10-30-60(49)68(47-37-35-44(36-38-47)50-25-16-34-64-65(50)55-24-7-13-33-63(55)70-64)48-39-40-52-51-22-4-8-27-56(51)67(59(52)42-48)57-28-9-12-32-62(57)69-61-31-11-6-23-53(61)54-26-15-29-58(67)66(54)69/h1-42H. The smallest absolute Gasteiger partial charge is 0.136 e. The van der Waals surface area contributed by atoms with E-state index in [1.807, 2.05) is 6.07 Å². The van der Waals surface area contributed by atoms with Crippen LogP contribution in [0.3, 0.4) is 0 Å². The summed E-state index contributed by atoms with van der Waals surface area (Å²) in [6, 6.07) is 93.7. The van der Waals surface area contributed by atoms with Gasteiger partial charge >= 0.3 is 0 Å². The van der Waals surface area contributed by atoms with E-state index in [2.05, 4.69) is 258 Å². The fourth-order valence-corrected chi connectivity index (χ4v) is 12.3. The number of furan rings is 1. The lowest BCUT2D eigenvalue weighted by atomic mass is 9.65. The van der Waals surface area contributed by atoms with E-state index in [4.69, 9.17) is 4.42 Å². The lowest BCUT2D eigenvalue weighted by Gasteiger charge is -2.40. The van der Waals surface area contributed by atoms with Crippen LogP contribution in [0.1, 0.15) is 22.3 Å². The summed E-state index contributed by atoms with van der Waals surface area (Å²) in [5.41, 5.74) is 22.9. The Kier molecular flexibility index (Phi) is 8.28. The quantitative estimate of drug-likeness (QED) is 0.166. The van der Waals surface area contributed by atoms with Gasteiger partial charge in [0, 0.05) is 38.5 Å². The molecule has 1 aliphatic carbocycles. The summed E-state index contributed by atoms with van der Waals surface area (Å²) >= 11 is 0. The van der Waals surface area contributed by atoms with E-state index in [0.717, 1.165) is 61.3 Å². The Morgan fingerprint density at radius 2 is 0.957 bits per heavy atom. The average molecular weight is 891 g/mol. The molecule has 1 aliphatic heterocycles. The van der Waals surface area contributed by atoms with Gasteiger partial charge in [-0.3, -0.25) is 0 Å². The first-order valence-corrected chi connectivity index (χ1v) is 24.2.